The molecule has 2 heterocycles. The molecule has 6 nitrogen and oxygen atoms in total. The van der Waals surface area contributed by atoms with Crippen molar-refractivity contribution in [3.63, 3.8) is 0 Å². The zero-order valence-electron chi connectivity index (χ0n) is 14.2. The van der Waals surface area contributed by atoms with E-state index in [-0.39, 0.29) is 10.2 Å². The maximum Gasteiger partial charge on any atom is 0.337 e. The number of esters is 1. The normalized spacial score (nSPS) is 16.5. The highest BCUT2D eigenvalue weighted by atomic mass is 35.5. The molecule has 1 fully saturated rings. The summed E-state index contributed by atoms with van der Waals surface area (Å²) >= 11 is 6.94. The summed E-state index contributed by atoms with van der Waals surface area (Å²) in [4.78, 5) is 13.8. The number of piperazine rings is 1. The van der Waals surface area contributed by atoms with E-state index in [2.05, 4.69) is 4.90 Å². The van der Waals surface area contributed by atoms with E-state index < -0.39 is 10.0 Å². The minimum Gasteiger partial charge on any atom is -0.465 e. The van der Waals surface area contributed by atoms with Crippen molar-refractivity contribution in [2.24, 2.45) is 0 Å². The van der Waals surface area contributed by atoms with Gasteiger partial charge in [0.05, 0.1) is 17.0 Å². The largest absolute Gasteiger partial charge is 0.465 e. The summed E-state index contributed by atoms with van der Waals surface area (Å²) in [5.41, 5.74) is 1.51. The van der Waals surface area contributed by atoms with E-state index in [9.17, 15) is 13.2 Å². The Bertz CT molecular complexity index is 890. The molecule has 1 saturated heterocycles. The highest BCUT2D eigenvalue weighted by molar-refractivity contribution is 7.91. The lowest BCUT2D eigenvalue weighted by atomic mass is 10.1. The second-order valence-electron chi connectivity index (χ2n) is 5.93. The van der Waals surface area contributed by atoms with Crippen LogP contribution in [0, 0.1) is 0 Å². The highest BCUT2D eigenvalue weighted by Crippen LogP contribution is 2.28. The third kappa shape index (κ3) is 4.27. The molecule has 2 aromatic rings. The van der Waals surface area contributed by atoms with Crippen molar-refractivity contribution in [2.75, 3.05) is 33.3 Å². The van der Waals surface area contributed by atoms with Gasteiger partial charge in [-0.1, -0.05) is 23.7 Å². The van der Waals surface area contributed by atoms with Crippen LogP contribution >= 0.6 is 22.9 Å². The van der Waals surface area contributed by atoms with Gasteiger partial charge in [-0.15, -0.1) is 11.3 Å². The van der Waals surface area contributed by atoms with Crippen LogP contribution in [0.1, 0.15) is 15.9 Å². The van der Waals surface area contributed by atoms with E-state index in [4.69, 9.17) is 16.3 Å². The third-order valence-corrected chi connectivity index (χ3v) is 7.83. The van der Waals surface area contributed by atoms with Gasteiger partial charge in [0.1, 0.15) is 4.21 Å². The molecule has 0 aliphatic carbocycles. The number of halogens is 1. The van der Waals surface area contributed by atoms with Crippen molar-refractivity contribution in [1.29, 1.82) is 0 Å². The van der Waals surface area contributed by atoms with E-state index in [1.54, 1.807) is 18.2 Å². The molecule has 26 heavy (non-hydrogen) atoms. The lowest BCUT2D eigenvalue weighted by molar-refractivity contribution is 0.0600. The van der Waals surface area contributed by atoms with Crippen molar-refractivity contribution in [3.8, 4) is 0 Å². The average Bonchev–Trinajstić information content (AvgIpc) is 3.09. The van der Waals surface area contributed by atoms with E-state index in [1.165, 1.54) is 11.4 Å². The molecule has 1 aromatic heterocycles. The number of nitrogens with zero attached hydrogens (tertiary/aromatic N) is 2. The number of carbonyl (C=O) groups excluding carboxylic acids is 1. The molecule has 1 aromatic carbocycles. The van der Waals surface area contributed by atoms with Crippen LogP contribution in [0.3, 0.4) is 0 Å². The number of hydrogen-bond donors (Lipinski definition) is 0. The molecule has 0 amide bonds. The predicted molar refractivity (Wildman–Crippen MR) is 101 cm³/mol. The van der Waals surface area contributed by atoms with Crippen LogP contribution in [0.15, 0.2) is 40.6 Å². The van der Waals surface area contributed by atoms with Gasteiger partial charge >= 0.3 is 5.97 Å². The van der Waals surface area contributed by atoms with Crippen LogP contribution < -0.4 is 0 Å². The van der Waals surface area contributed by atoms with Gasteiger partial charge in [-0.25, -0.2) is 13.2 Å². The zero-order chi connectivity index (χ0) is 18.7. The van der Waals surface area contributed by atoms with E-state index in [0.29, 0.717) is 42.6 Å². The fourth-order valence-corrected chi connectivity index (χ4v) is 5.92. The molecule has 140 valence electrons. The van der Waals surface area contributed by atoms with Gasteiger partial charge < -0.3 is 4.74 Å². The first-order chi connectivity index (χ1) is 12.4. The number of sulfonamides is 1. The molecule has 1 aliphatic heterocycles. The van der Waals surface area contributed by atoms with Gasteiger partial charge in [-0.05, 0) is 29.8 Å². The summed E-state index contributed by atoms with van der Waals surface area (Å²) < 4.78 is 32.2. The van der Waals surface area contributed by atoms with Gasteiger partial charge in [0.25, 0.3) is 10.0 Å². The summed E-state index contributed by atoms with van der Waals surface area (Å²) in [5.74, 6) is -0.364. The van der Waals surface area contributed by atoms with Crippen molar-refractivity contribution in [3.05, 3.63) is 51.9 Å². The van der Waals surface area contributed by atoms with Crippen molar-refractivity contribution >= 4 is 38.9 Å². The minimum atomic E-state index is -3.48. The molecular formula is C17H19ClN2O4S2. The molecule has 3 rings (SSSR count). The fourth-order valence-electron chi connectivity index (χ4n) is 2.86. The highest BCUT2D eigenvalue weighted by Gasteiger charge is 2.29. The lowest BCUT2D eigenvalue weighted by Crippen LogP contribution is -2.48. The standard InChI is InChI=1S/C17H19ClN2O4S2/c1-24-17(21)14-4-2-3-13(11-14)12-19-7-9-20(10-8-19)26(22,23)16-6-5-15(18)25-16/h2-6,11H,7-10,12H2,1H3. The van der Waals surface area contributed by atoms with Gasteiger partial charge in [0.2, 0.25) is 0 Å². The zero-order valence-corrected chi connectivity index (χ0v) is 16.6. The number of thiophene rings is 1. The van der Waals surface area contributed by atoms with Crippen LogP contribution in [0.5, 0.6) is 0 Å². The van der Waals surface area contributed by atoms with Crippen LogP contribution in [-0.4, -0.2) is 56.9 Å². The van der Waals surface area contributed by atoms with Gasteiger partial charge in [-0.2, -0.15) is 4.31 Å². The van der Waals surface area contributed by atoms with Crippen LogP contribution in [0.25, 0.3) is 0 Å². The minimum absolute atomic E-state index is 0.279. The van der Waals surface area contributed by atoms with Crippen LogP contribution in [0.2, 0.25) is 4.34 Å². The molecule has 0 atom stereocenters. The Morgan fingerprint density at radius 3 is 2.54 bits per heavy atom. The Kier molecular flexibility index (Phi) is 5.99. The third-order valence-electron chi connectivity index (χ3n) is 4.23. The average molecular weight is 415 g/mol. The first kappa shape index (κ1) is 19.3. The number of carbonyl (C=O) groups is 1. The van der Waals surface area contributed by atoms with E-state index in [1.807, 2.05) is 18.2 Å². The molecule has 0 spiro atoms. The lowest BCUT2D eigenvalue weighted by Gasteiger charge is -2.33. The van der Waals surface area contributed by atoms with E-state index >= 15 is 0 Å². The molecule has 0 bridgehead atoms. The first-order valence-corrected chi connectivity index (χ1v) is 10.7. The quantitative estimate of drug-likeness (QED) is 0.704. The van der Waals surface area contributed by atoms with Crippen molar-refractivity contribution in [1.82, 2.24) is 9.21 Å². The molecule has 0 unspecified atom stereocenters. The van der Waals surface area contributed by atoms with Gasteiger partial charge in [0.15, 0.2) is 0 Å². The molecule has 0 radical (unpaired) electrons. The Hall–Kier alpha value is -1.45. The smallest absolute Gasteiger partial charge is 0.337 e. The molecular weight excluding hydrogens is 396 g/mol. The van der Waals surface area contributed by atoms with Gasteiger partial charge in [0, 0.05) is 32.7 Å². The number of ether oxygens (including phenoxy) is 1. The molecule has 0 saturated carbocycles. The SMILES string of the molecule is COC(=O)c1cccc(CN2CCN(S(=O)(=O)c3ccc(Cl)s3)CC2)c1. The number of hydrogen-bond acceptors (Lipinski definition) is 6. The Morgan fingerprint density at radius 2 is 1.92 bits per heavy atom. The van der Waals surface area contributed by atoms with Crippen LogP contribution in [-0.2, 0) is 21.3 Å². The maximum absolute atomic E-state index is 12.6. The summed E-state index contributed by atoms with van der Waals surface area (Å²) in [5, 5.41) is 0. The van der Waals surface area contributed by atoms with Crippen molar-refractivity contribution in [2.45, 2.75) is 10.8 Å². The molecule has 0 N–H and O–H groups in total. The number of rotatable bonds is 5. The monoisotopic (exact) mass is 414 g/mol. The Labute approximate surface area is 162 Å². The molecule has 9 heteroatoms. The Morgan fingerprint density at radius 1 is 1.19 bits per heavy atom. The fraction of sp³-hybridized carbons (Fsp3) is 0.353. The Balaban J connectivity index is 1.61. The second kappa shape index (κ2) is 8.06. The topological polar surface area (TPSA) is 66.9 Å². The second-order valence-corrected chi connectivity index (χ2v) is 9.81. The summed E-state index contributed by atoms with van der Waals surface area (Å²) in [6, 6.07) is 10.4. The maximum atomic E-state index is 12.6. The van der Waals surface area contributed by atoms with Gasteiger partial charge in [-0.3, -0.25) is 4.90 Å². The molecule has 1 aliphatic rings. The number of methoxy groups -OCH3 is 1. The summed E-state index contributed by atoms with van der Waals surface area (Å²) in [6.45, 7) is 2.76. The first-order valence-electron chi connectivity index (χ1n) is 8.05. The summed E-state index contributed by atoms with van der Waals surface area (Å²) in [6.07, 6.45) is 0. The number of benzene rings is 1. The van der Waals surface area contributed by atoms with E-state index in [0.717, 1.165) is 16.9 Å². The van der Waals surface area contributed by atoms with Crippen molar-refractivity contribution < 1.29 is 17.9 Å². The van der Waals surface area contributed by atoms with Crippen LogP contribution in [0.4, 0.5) is 0 Å². The predicted octanol–water partition coefficient (Wildman–Crippen LogP) is 2.69. The summed E-state index contributed by atoms with van der Waals surface area (Å²) in [7, 11) is -2.12.